The van der Waals surface area contributed by atoms with Crippen LogP contribution in [0.25, 0.3) is 10.9 Å². The van der Waals surface area contributed by atoms with E-state index in [2.05, 4.69) is 18.8 Å². The third-order valence-corrected chi connectivity index (χ3v) is 9.44. The molecular weight excluding hydrogens is 462 g/mol. The third-order valence-electron chi connectivity index (χ3n) is 9.20. The average molecular weight is 490 g/mol. The first-order chi connectivity index (χ1) is 16.8. The molecule has 8 rings (SSSR count). The summed E-state index contributed by atoms with van der Waals surface area (Å²) in [5.74, 6) is -0.0776. The van der Waals surface area contributed by atoms with E-state index in [0.717, 1.165) is 34.1 Å². The summed E-state index contributed by atoms with van der Waals surface area (Å²) < 4.78 is 0. The quantitative estimate of drug-likeness (QED) is 0.577. The first-order valence-electron chi connectivity index (χ1n) is 12.4. The van der Waals surface area contributed by atoms with Gasteiger partial charge in [0.1, 0.15) is 12.1 Å². The molecule has 2 spiro atoms. The summed E-state index contributed by atoms with van der Waals surface area (Å²) >= 11 is 6.31. The Balaban J connectivity index is 1.43. The van der Waals surface area contributed by atoms with Crippen molar-refractivity contribution in [2.45, 2.75) is 62.6 Å². The number of benzene rings is 2. The Morgan fingerprint density at radius 1 is 1.11 bits per heavy atom. The summed E-state index contributed by atoms with van der Waals surface area (Å²) in [6.07, 6.45) is 2.65. The molecule has 6 nitrogen and oxygen atoms in total. The molecule has 1 aliphatic carbocycles. The SMILES string of the molecule is CC1(C)c2[nH]c3cc(Cl)ccc3c2C[C@]23C(=O)N4CCC[C@@]4(C[C@H]12)C(=O)N3OCc1ccccc1. The van der Waals surface area contributed by atoms with Crippen molar-refractivity contribution in [1.82, 2.24) is 14.9 Å². The van der Waals surface area contributed by atoms with Gasteiger partial charge in [-0.05, 0) is 42.5 Å². The summed E-state index contributed by atoms with van der Waals surface area (Å²) in [7, 11) is 0. The molecule has 5 heterocycles. The normalized spacial score (nSPS) is 30.5. The van der Waals surface area contributed by atoms with Crippen LogP contribution in [0.5, 0.6) is 0 Å². The first kappa shape index (κ1) is 21.5. The van der Waals surface area contributed by atoms with Crippen molar-refractivity contribution in [2.24, 2.45) is 5.92 Å². The number of aromatic amines is 1. The van der Waals surface area contributed by atoms with E-state index in [1.165, 1.54) is 5.06 Å². The largest absolute Gasteiger partial charge is 0.358 e. The van der Waals surface area contributed by atoms with Crippen molar-refractivity contribution >= 4 is 34.3 Å². The average Bonchev–Trinajstić information content (AvgIpc) is 3.43. The number of fused-ring (bicyclic) bond motifs is 4. The number of aromatic nitrogens is 1. The highest BCUT2D eigenvalue weighted by molar-refractivity contribution is 6.31. The second-order valence-corrected chi connectivity index (χ2v) is 11.6. The Hall–Kier alpha value is -2.83. The van der Waals surface area contributed by atoms with Crippen LogP contribution in [0.1, 0.15) is 49.9 Å². The Kier molecular flexibility index (Phi) is 4.22. The van der Waals surface area contributed by atoms with Crippen LogP contribution in [0.4, 0.5) is 0 Å². The van der Waals surface area contributed by atoms with Crippen LogP contribution in [0, 0.1) is 5.92 Å². The van der Waals surface area contributed by atoms with Crippen LogP contribution in [-0.4, -0.2) is 44.4 Å². The number of halogens is 1. The van der Waals surface area contributed by atoms with Gasteiger partial charge in [-0.1, -0.05) is 61.8 Å². The summed E-state index contributed by atoms with van der Waals surface area (Å²) in [5, 5.41) is 3.25. The van der Waals surface area contributed by atoms with Crippen molar-refractivity contribution in [3.8, 4) is 0 Å². The third kappa shape index (κ3) is 2.54. The maximum Gasteiger partial charge on any atom is 0.273 e. The highest BCUT2D eigenvalue weighted by Crippen LogP contribution is 2.62. The van der Waals surface area contributed by atoms with Gasteiger partial charge in [0.15, 0.2) is 5.54 Å². The minimum atomic E-state index is -1.07. The summed E-state index contributed by atoms with van der Waals surface area (Å²) in [5.41, 5.74) is 1.93. The maximum absolute atomic E-state index is 14.4. The molecule has 0 saturated carbocycles. The molecule has 4 saturated heterocycles. The van der Waals surface area contributed by atoms with Gasteiger partial charge in [-0.2, -0.15) is 0 Å². The number of carbonyl (C=O) groups excluding carboxylic acids is 2. The number of nitrogens with zero attached hydrogens (tertiary/aromatic N) is 2. The molecule has 2 aromatic carbocycles. The lowest BCUT2D eigenvalue weighted by atomic mass is 9.51. The Morgan fingerprint density at radius 3 is 2.71 bits per heavy atom. The topological polar surface area (TPSA) is 65.6 Å². The lowest BCUT2D eigenvalue weighted by molar-refractivity contribution is -0.283. The molecule has 5 aliphatic rings. The number of H-pyrrole nitrogens is 1. The van der Waals surface area contributed by atoms with Gasteiger partial charge in [0, 0.05) is 45.9 Å². The van der Waals surface area contributed by atoms with Gasteiger partial charge in [-0.25, -0.2) is 5.06 Å². The first-order valence-corrected chi connectivity index (χ1v) is 12.8. The molecule has 4 aliphatic heterocycles. The van der Waals surface area contributed by atoms with Gasteiger partial charge in [-0.3, -0.25) is 14.4 Å². The minimum Gasteiger partial charge on any atom is -0.358 e. The highest BCUT2D eigenvalue weighted by Gasteiger charge is 2.76. The summed E-state index contributed by atoms with van der Waals surface area (Å²) in [6, 6.07) is 15.7. The van der Waals surface area contributed by atoms with E-state index < -0.39 is 11.1 Å². The molecule has 4 fully saturated rings. The molecule has 0 radical (unpaired) electrons. The zero-order chi connectivity index (χ0) is 24.2. The van der Waals surface area contributed by atoms with Crippen LogP contribution >= 0.6 is 11.6 Å². The summed E-state index contributed by atoms with van der Waals surface area (Å²) in [6.45, 7) is 5.31. The van der Waals surface area contributed by atoms with Crippen molar-refractivity contribution in [1.29, 1.82) is 0 Å². The second kappa shape index (κ2) is 6.89. The number of rotatable bonds is 3. The van der Waals surface area contributed by atoms with Crippen molar-refractivity contribution in [3.05, 3.63) is 70.4 Å². The fourth-order valence-corrected chi connectivity index (χ4v) is 7.77. The molecule has 35 heavy (non-hydrogen) atoms. The van der Waals surface area contributed by atoms with E-state index in [9.17, 15) is 9.59 Å². The maximum atomic E-state index is 14.4. The molecule has 1 aromatic heterocycles. The van der Waals surface area contributed by atoms with Gasteiger partial charge in [0.05, 0.1) is 0 Å². The van der Waals surface area contributed by atoms with E-state index in [0.29, 0.717) is 30.8 Å². The standard InChI is InChI=1S/C28H28ClN3O3/c1-26(2)22-15-27-11-6-12-31(27)25(34)28(22,32(24(27)33)35-16-17-7-4-3-5-8-17)14-20-19-10-9-18(29)13-21(19)30-23(20)26/h3-5,7-10,13,22,30H,6,11-12,14-16H2,1-2H3/t22-,27-,28-/m1/s1. The number of piperazine rings is 1. The van der Waals surface area contributed by atoms with Crippen LogP contribution < -0.4 is 0 Å². The molecule has 0 unspecified atom stereocenters. The van der Waals surface area contributed by atoms with Crippen molar-refractivity contribution < 1.29 is 14.4 Å². The second-order valence-electron chi connectivity index (χ2n) is 11.2. The number of hydrogen-bond donors (Lipinski definition) is 1. The van der Waals surface area contributed by atoms with Gasteiger partial charge < -0.3 is 9.88 Å². The summed E-state index contributed by atoms with van der Waals surface area (Å²) in [4.78, 5) is 40.5. The molecule has 180 valence electrons. The Labute approximate surface area is 209 Å². The van der Waals surface area contributed by atoms with Crippen LogP contribution in [0.2, 0.25) is 5.02 Å². The van der Waals surface area contributed by atoms with Crippen LogP contribution in [0.15, 0.2) is 48.5 Å². The molecule has 2 bridgehead atoms. The Morgan fingerprint density at radius 2 is 1.91 bits per heavy atom. The number of amides is 2. The molecule has 3 aromatic rings. The van der Waals surface area contributed by atoms with E-state index in [1.807, 2.05) is 53.4 Å². The predicted molar refractivity (Wildman–Crippen MR) is 133 cm³/mol. The minimum absolute atomic E-state index is 0.0425. The number of carbonyl (C=O) groups is 2. The van der Waals surface area contributed by atoms with Crippen molar-refractivity contribution in [3.63, 3.8) is 0 Å². The smallest absolute Gasteiger partial charge is 0.273 e. The van der Waals surface area contributed by atoms with E-state index >= 15 is 0 Å². The zero-order valence-electron chi connectivity index (χ0n) is 19.9. The predicted octanol–water partition coefficient (Wildman–Crippen LogP) is 4.75. The monoisotopic (exact) mass is 489 g/mol. The fourth-order valence-electron chi connectivity index (χ4n) is 7.60. The number of hydrogen-bond acceptors (Lipinski definition) is 3. The van der Waals surface area contributed by atoms with Crippen LogP contribution in [-0.2, 0) is 32.9 Å². The molecule has 3 atom stereocenters. The number of hydroxylamine groups is 2. The highest BCUT2D eigenvalue weighted by atomic mass is 35.5. The van der Waals surface area contributed by atoms with Gasteiger partial charge in [-0.15, -0.1) is 0 Å². The van der Waals surface area contributed by atoms with E-state index in [-0.39, 0.29) is 29.8 Å². The van der Waals surface area contributed by atoms with Gasteiger partial charge in [0.2, 0.25) is 0 Å². The van der Waals surface area contributed by atoms with E-state index in [1.54, 1.807) is 0 Å². The van der Waals surface area contributed by atoms with Gasteiger partial charge >= 0.3 is 0 Å². The molecule has 7 heteroatoms. The molecule has 2 amide bonds. The van der Waals surface area contributed by atoms with Crippen molar-refractivity contribution in [2.75, 3.05) is 6.54 Å². The number of nitrogens with one attached hydrogen (secondary N) is 1. The lowest BCUT2D eigenvalue weighted by Crippen LogP contribution is -2.85. The molecular formula is C28H28ClN3O3. The van der Waals surface area contributed by atoms with Crippen LogP contribution in [0.3, 0.4) is 0 Å². The number of piperidine rings is 2. The lowest BCUT2D eigenvalue weighted by Gasteiger charge is -2.66. The van der Waals surface area contributed by atoms with E-state index in [4.69, 9.17) is 16.4 Å². The molecule has 1 N–H and O–H groups in total. The van der Waals surface area contributed by atoms with Gasteiger partial charge in [0.25, 0.3) is 11.8 Å². The fraction of sp³-hybridized carbons (Fsp3) is 0.429. The zero-order valence-corrected chi connectivity index (χ0v) is 20.7. The Bertz CT molecular complexity index is 1400.